The molecule has 2 nitrogen and oxygen atoms in total. The predicted octanol–water partition coefficient (Wildman–Crippen LogP) is 16.3. The summed E-state index contributed by atoms with van der Waals surface area (Å²) >= 11 is 3.74. The monoisotopic (exact) mass is 774 g/mol. The Morgan fingerprint density at radius 3 is 1.67 bits per heavy atom. The topological polar surface area (TPSA) is 8.17 Å². The highest BCUT2D eigenvalue weighted by atomic mass is 32.1. The Hall–Kier alpha value is -6.98. The molecule has 3 aromatic heterocycles. The van der Waals surface area contributed by atoms with Crippen LogP contribution in [0.15, 0.2) is 206 Å². The Balaban J connectivity index is 1.01. The molecule has 9 aromatic carbocycles. The van der Waals surface area contributed by atoms with Crippen LogP contribution < -0.4 is 4.90 Å². The lowest BCUT2D eigenvalue weighted by molar-refractivity contribution is 1.18. The number of hydrogen-bond acceptors (Lipinski definition) is 3. The highest BCUT2D eigenvalue weighted by Gasteiger charge is 2.19. The third-order valence-electron chi connectivity index (χ3n) is 11.6. The quantitative estimate of drug-likeness (QED) is 0.163. The molecule has 58 heavy (non-hydrogen) atoms. The van der Waals surface area contributed by atoms with Gasteiger partial charge in [-0.25, -0.2) is 0 Å². The molecular weight excluding hydrogens is 741 g/mol. The van der Waals surface area contributed by atoms with Gasteiger partial charge in [-0.2, -0.15) is 0 Å². The normalized spacial score (nSPS) is 11.8. The van der Waals surface area contributed by atoms with Gasteiger partial charge < -0.3 is 9.47 Å². The van der Waals surface area contributed by atoms with E-state index in [2.05, 4.69) is 216 Å². The summed E-state index contributed by atoms with van der Waals surface area (Å²) in [6.07, 6.45) is 0. The van der Waals surface area contributed by atoms with Crippen molar-refractivity contribution >= 4 is 102 Å². The maximum absolute atomic E-state index is 2.40. The van der Waals surface area contributed by atoms with E-state index in [-0.39, 0.29) is 0 Å². The minimum atomic E-state index is 1.10. The molecule has 3 heterocycles. The first-order valence-corrected chi connectivity index (χ1v) is 21.3. The van der Waals surface area contributed by atoms with Crippen LogP contribution in [0.25, 0.3) is 90.1 Å². The number of fused-ring (bicyclic) bond motifs is 9. The lowest BCUT2D eigenvalue weighted by Gasteiger charge is -2.26. The van der Waals surface area contributed by atoms with Crippen molar-refractivity contribution < 1.29 is 0 Å². The molecule has 0 atom stereocenters. The molecule has 0 aliphatic rings. The summed E-state index contributed by atoms with van der Waals surface area (Å²) in [6.45, 7) is 0. The number of thiophene rings is 2. The first-order chi connectivity index (χ1) is 28.7. The Kier molecular flexibility index (Phi) is 7.62. The van der Waals surface area contributed by atoms with Gasteiger partial charge in [-0.1, -0.05) is 127 Å². The second-order valence-corrected chi connectivity index (χ2v) is 17.0. The van der Waals surface area contributed by atoms with Crippen molar-refractivity contribution in [3.63, 3.8) is 0 Å². The molecule has 0 fully saturated rings. The number of para-hydroxylation sites is 2. The maximum atomic E-state index is 2.40. The van der Waals surface area contributed by atoms with Crippen LogP contribution in [0.4, 0.5) is 17.1 Å². The molecule has 4 heteroatoms. The fourth-order valence-electron chi connectivity index (χ4n) is 8.87. The van der Waals surface area contributed by atoms with Gasteiger partial charge in [-0.05, 0) is 101 Å². The number of anilines is 3. The van der Waals surface area contributed by atoms with Gasteiger partial charge in [0.15, 0.2) is 0 Å². The number of rotatable bonds is 6. The first-order valence-electron chi connectivity index (χ1n) is 19.7. The van der Waals surface area contributed by atoms with Crippen molar-refractivity contribution in [1.29, 1.82) is 0 Å². The summed E-state index contributed by atoms with van der Waals surface area (Å²) < 4.78 is 7.70. The fraction of sp³-hybridized carbons (Fsp3) is 0. The van der Waals surface area contributed by atoms with E-state index in [1.807, 2.05) is 22.7 Å². The minimum absolute atomic E-state index is 1.10. The molecule has 0 aliphatic carbocycles. The first kappa shape index (κ1) is 33.2. The Labute approximate surface area is 343 Å². The Morgan fingerprint density at radius 2 is 0.897 bits per heavy atom. The maximum Gasteiger partial charge on any atom is 0.0561 e. The molecule has 0 radical (unpaired) electrons. The van der Waals surface area contributed by atoms with Gasteiger partial charge in [0.05, 0.1) is 11.0 Å². The lowest BCUT2D eigenvalue weighted by atomic mass is 10.0. The zero-order chi connectivity index (χ0) is 38.2. The van der Waals surface area contributed by atoms with E-state index in [0.717, 1.165) is 22.7 Å². The second kappa shape index (κ2) is 13.3. The van der Waals surface area contributed by atoms with Crippen LogP contribution >= 0.6 is 22.7 Å². The summed E-state index contributed by atoms with van der Waals surface area (Å²) in [6, 6.07) is 75.6. The zero-order valence-corrected chi connectivity index (χ0v) is 33.0. The Morgan fingerprint density at radius 1 is 0.328 bits per heavy atom. The van der Waals surface area contributed by atoms with Crippen LogP contribution in [0.3, 0.4) is 0 Å². The van der Waals surface area contributed by atoms with Crippen LogP contribution in [0.2, 0.25) is 0 Å². The van der Waals surface area contributed by atoms with E-state index in [0.29, 0.717) is 0 Å². The molecule has 0 spiro atoms. The SMILES string of the molecule is c1ccc(-n2c3ccccc3c3ccc(N(c4ccc(-c5ccc6sc7ccccc7c6c5)cc4)c4ccc(-c5cccc6c5sc5ccccc56)cc4)cc32)cc1. The number of nitrogens with zero attached hydrogens (tertiary/aromatic N) is 2. The van der Waals surface area contributed by atoms with Crippen molar-refractivity contribution in [2.75, 3.05) is 4.90 Å². The second-order valence-electron chi connectivity index (χ2n) is 14.9. The van der Waals surface area contributed by atoms with Crippen LogP contribution in [0.1, 0.15) is 0 Å². The van der Waals surface area contributed by atoms with E-state index < -0.39 is 0 Å². The highest BCUT2D eigenvalue weighted by Crippen LogP contribution is 2.44. The van der Waals surface area contributed by atoms with E-state index >= 15 is 0 Å². The zero-order valence-electron chi connectivity index (χ0n) is 31.3. The third kappa shape index (κ3) is 5.30. The van der Waals surface area contributed by atoms with E-state index in [1.165, 1.54) is 84.4 Å². The highest BCUT2D eigenvalue weighted by molar-refractivity contribution is 7.26. The number of benzene rings is 9. The van der Waals surface area contributed by atoms with Crippen LogP contribution in [0.5, 0.6) is 0 Å². The van der Waals surface area contributed by atoms with E-state index in [4.69, 9.17) is 0 Å². The smallest absolute Gasteiger partial charge is 0.0561 e. The van der Waals surface area contributed by atoms with Crippen molar-refractivity contribution in [1.82, 2.24) is 4.57 Å². The van der Waals surface area contributed by atoms with Crippen molar-refractivity contribution in [3.8, 4) is 27.9 Å². The number of hydrogen-bond donors (Lipinski definition) is 0. The van der Waals surface area contributed by atoms with E-state index in [9.17, 15) is 0 Å². The summed E-state index contributed by atoms with van der Waals surface area (Å²) in [5.74, 6) is 0. The van der Waals surface area contributed by atoms with Crippen LogP contribution in [-0.4, -0.2) is 4.57 Å². The molecule has 0 saturated heterocycles. The van der Waals surface area contributed by atoms with Crippen LogP contribution in [0, 0.1) is 0 Å². The summed E-state index contributed by atoms with van der Waals surface area (Å²) in [4.78, 5) is 2.40. The molecule has 12 aromatic rings. The summed E-state index contributed by atoms with van der Waals surface area (Å²) in [5, 5.41) is 7.76. The molecule has 12 rings (SSSR count). The predicted molar refractivity (Wildman–Crippen MR) is 252 cm³/mol. The summed E-state index contributed by atoms with van der Waals surface area (Å²) in [7, 11) is 0. The van der Waals surface area contributed by atoms with Gasteiger partial charge in [0, 0.05) is 73.9 Å². The average molecular weight is 775 g/mol. The van der Waals surface area contributed by atoms with Crippen molar-refractivity contribution in [2.24, 2.45) is 0 Å². The molecule has 0 saturated carbocycles. The average Bonchev–Trinajstić information content (AvgIpc) is 3.96. The Bertz CT molecular complexity index is 3500. The number of aromatic nitrogens is 1. The van der Waals surface area contributed by atoms with Gasteiger partial charge >= 0.3 is 0 Å². The van der Waals surface area contributed by atoms with Crippen LogP contribution in [-0.2, 0) is 0 Å². The molecule has 0 N–H and O–H groups in total. The molecule has 272 valence electrons. The molecule has 0 unspecified atom stereocenters. The fourth-order valence-corrected chi connectivity index (χ4v) is 11.2. The molecule has 0 bridgehead atoms. The van der Waals surface area contributed by atoms with Gasteiger partial charge in [-0.15, -0.1) is 22.7 Å². The minimum Gasteiger partial charge on any atom is -0.310 e. The standard InChI is InChI=1S/C54H34N2S2/c1-2-11-38(12-3-1)56-49-18-7-4-13-43(49)44-31-30-41(34-50(44)56)55(39-26-21-35(22-27-39)37-25-32-53-48(33-37)46-15-6-8-19-51(46)57-53)40-28-23-36(24-29-40)42-16-10-17-47-45-14-5-9-20-52(45)58-54(42)47/h1-34H. The largest absolute Gasteiger partial charge is 0.310 e. The third-order valence-corrected chi connectivity index (χ3v) is 14.0. The van der Waals surface area contributed by atoms with Gasteiger partial charge in [0.25, 0.3) is 0 Å². The van der Waals surface area contributed by atoms with Gasteiger partial charge in [0.1, 0.15) is 0 Å². The lowest BCUT2D eigenvalue weighted by Crippen LogP contribution is -2.10. The van der Waals surface area contributed by atoms with Gasteiger partial charge in [0.2, 0.25) is 0 Å². The molecular formula is C54H34N2S2. The van der Waals surface area contributed by atoms with E-state index in [1.54, 1.807) is 0 Å². The van der Waals surface area contributed by atoms with Gasteiger partial charge in [-0.3, -0.25) is 0 Å². The van der Waals surface area contributed by atoms with Crippen molar-refractivity contribution in [3.05, 3.63) is 206 Å². The molecule has 0 aliphatic heterocycles. The van der Waals surface area contributed by atoms with Crippen molar-refractivity contribution in [2.45, 2.75) is 0 Å². The summed E-state index contributed by atoms with van der Waals surface area (Å²) in [5.41, 5.74) is 11.7. The molecule has 0 amide bonds.